The van der Waals surface area contributed by atoms with E-state index >= 15 is 0 Å². The van der Waals surface area contributed by atoms with Crippen molar-refractivity contribution in [2.24, 2.45) is 11.8 Å². The maximum Gasteiger partial charge on any atom is 0.156 e. The Balaban J connectivity index is 1.51. The third-order valence-corrected chi connectivity index (χ3v) is 6.08. The predicted octanol–water partition coefficient (Wildman–Crippen LogP) is 2.85. The normalized spacial score (nSPS) is 29.1. The molecule has 1 aliphatic carbocycles. The Labute approximate surface area is 147 Å². The maximum atomic E-state index is 11.6. The van der Waals surface area contributed by atoms with Crippen molar-refractivity contribution >= 4 is 11.5 Å². The van der Waals surface area contributed by atoms with E-state index in [9.17, 15) is 5.11 Å². The molecule has 0 amide bonds. The van der Waals surface area contributed by atoms with Gasteiger partial charge in [0.15, 0.2) is 5.65 Å². The number of anilines is 1. The molecule has 3 atom stereocenters. The average Bonchev–Trinajstić information content (AvgIpc) is 3.30. The standard InChI is InChI=1S/C20H22N4O/c25-20(16-6-2-1-3-7-16)8-4-5-15-13-23(14-17(15)20)19-12-21-11-18-22-9-10-24(18)19/h1-3,6-7,9-12,15,17,25H,4-5,8,13-14H2/t15-,17+,20+/m0/s1. The molecule has 128 valence electrons. The van der Waals surface area contributed by atoms with Crippen LogP contribution in [0.25, 0.3) is 5.65 Å². The van der Waals surface area contributed by atoms with Gasteiger partial charge in [-0.25, -0.2) is 4.98 Å². The lowest BCUT2D eigenvalue weighted by Gasteiger charge is -2.41. The number of aromatic nitrogens is 3. The van der Waals surface area contributed by atoms with Crippen LogP contribution in [0.3, 0.4) is 0 Å². The summed E-state index contributed by atoms with van der Waals surface area (Å²) >= 11 is 0. The quantitative estimate of drug-likeness (QED) is 0.783. The molecule has 1 aliphatic heterocycles. The fraction of sp³-hybridized carbons (Fsp3) is 0.400. The van der Waals surface area contributed by atoms with Crippen LogP contribution in [-0.2, 0) is 5.60 Å². The summed E-state index contributed by atoms with van der Waals surface area (Å²) in [7, 11) is 0. The topological polar surface area (TPSA) is 53.7 Å². The minimum atomic E-state index is -0.727. The Bertz CT molecular complexity index is 893. The average molecular weight is 334 g/mol. The second-order valence-corrected chi connectivity index (χ2v) is 7.37. The number of aliphatic hydroxyl groups is 1. The summed E-state index contributed by atoms with van der Waals surface area (Å²) in [5.41, 5.74) is 1.20. The van der Waals surface area contributed by atoms with E-state index in [1.165, 1.54) is 6.42 Å². The summed E-state index contributed by atoms with van der Waals surface area (Å²) in [6, 6.07) is 10.2. The van der Waals surface area contributed by atoms with Crippen LogP contribution < -0.4 is 4.90 Å². The van der Waals surface area contributed by atoms with Gasteiger partial charge in [-0.3, -0.25) is 9.38 Å². The molecule has 0 radical (unpaired) electrons. The minimum Gasteiger partial charge on any atom is -0.385 e. The Morgan fingerprint density at radius 3 is 2.88 bits per heavy atom. The highest BCUT2D eigenvalue weighted by atomic mass is 16.3. The van der Waals surface area contributed by atoms with Crippen LogP contribution in [0, 0.1) is 11.8 Å². The third-order valence-electron chi connectivity index (χ3n) is 6.08. The fourth-order valence-electron chi connectivity index (χ4n) is 4.87. The van der Waals surface area contributed by atoms with Gasteiger partial charge < -0.3 is 10.0 Å². The summed E-state index contributed by atoms with van der Waals surface area (Å²) in [6.07, 6.45) is 10.6. The van der Waals surface area contributed by atoms with E-state index in [2.05, 4.69) is 31.4 Å². The summed E-state index contributed by atoms with van der Waals surface area (Å²) in [5.74, 6) is 1.83. The second kappa shape index (κ2) is 5.56. The Morgan fingerprint density at radius 1 is 1.12 bits per heavy atom. The predicted molar refractivity (Wildman–Crippen MR) is 96.4 cm³/mol. The fourth-order valence-corrected chi connectivity index (χ4v) is 4.87. The molecule has 5 heteroatoms. The van der Waals surface area contributed by atoms with Crippen LogP contribution >= 0.6 is 0 Å². The van der Waals surface area contributed by atoms with E-state index < -0.39 is 5.60 Å². The molecular formula is C20H22N4O. The van der Waals surface area contributed by atoms with Gasteiger partial charge in [-0.15, -0.1) is 0 Å². The molecule has 0 unspecified atom stereocenters. The van der Waals surface area contributed by atoms with E-state index in [1.807, 2.05) is 36.8 Å². The van der Waals surface area contributed by atoms with Crippen LogP contribution in [0.5, 0.6) is 0 Å². The molecule has 2 aromatic heterocycles. The number of rotatable bonds is 2. The highest BCUT2D eigenvalue weighted by Crippen LogP contribution is 2.48. The monoisotopic (exact) mass is 334 g/mol. The van der Waals surface area contributed by atoms with Crippen molar-refractivity contribution in [2.75, 3.05) is 18.0 Å². The van der Waals surface area contributed by atoms with Crippen molar-refractivity contribution in [1.29, 1.82) is 0 Å². The molecular weight excluding hydrogens is 312 g/mol. The molecule has 3 heterocycles. The van der Waals surface area contributed by atoms with Gasteiger partial charge in [0, 0.05) is 31.4 Å². The smallest absolute Gasteiger partial charge is 0.156 e. The number of benzene rings is 1. The summed E-state index contributed by atoms with van der Waals surface area (Å²) in [5, 5.41) is 11.6. The molecule has 1 aromatic carbocycles. The lowest BCUT2D eigenvalue weighted by atomic mass is 9.67. The Kier molecular flexibility index (Phi) is 3.31. The van der Waals surface area contributed by atoms with Crippen LogP contribution in [-0.4, -0.2) is 32.6 Å². The molecule has 5 nitrogen and oxygen atoms in total. The van der Waals surface area contributed by atoms with Crippen LogP contribution in [0.2, 0.25) is 0 Å². The number of fused-ring (bicyclic) bond motifs is 2. The van der Waals surface area contributed by atoms with Gasteiger partial charge in [-0.05, 0) is 30.7 Å². The van der Waals surface area contributed by atoms with Gasteiger partial charge in [0.1, 0.15) is 5.82 Å². The lowest BCUT2D eigenvalue weighted by molar-refractivity contribution is -0.0631. The van der Waals surface area contributed by atoms with Gasteiger partial charge in [0.25, 0.3) is 0 Å². The zero-order chi connectivity index (χ0) is 16.9. The molecule has 0 spiro atoms. The summed E-state index contributed by atoms with van der Waals surface area (Å²) in [4.78, 5) is 11.1. The molecule has 2 fully saturated rings. The first-order chi connectivity index (χ1) is 12.3. The van der Waals surface area contributed by atoms with Crippen molar-refractivity contribution < 1.29 is 5.11 Å². The first-order valence-corrected chi connectivity index (χ1v) is 9.05. The van der Waals surface area contributed by atoms with Gasteiger partial charge in [0.05, 0.1) is 18.0 Å². The first kappa shape index (κ1) is 14.9. The Hall–Kier alpha value is -2.40. The van der Waals surface area contributed by atoms with Gasteiger partial charge in [-0.2, -0.15) is 0 Å². The van der Waals surface area contributed by atoms with Gasteiger partial charge in [0.2, 0.25) is 0 Å². The van der Waals surface area contributed by atoms with Crippen molar-refractivity contribution in [2.45, 2.75) is 24.9 Å². The van der Waals surface area contributed by atoms with E-state index in [4.69, 9.17) is 0 Å². The van der Waals surface area contributed by atoms with Crippen LogP contribution in [0.1, 0.15) is 24.8 Å². The van der Waals surface area contributed by atoms with E-state index in [-0.39, 0.29) is 5.92 Å². The molecule has 1 saturated heterocycles. The molecule has 3 aromatic rings. The van der Waals surface area contributed by atoms with Crippen LogP contribution in [0.4, 0.5) is 5.82 Å². The minimum absolute atomic E-state index is 0.252. The first-order valence-electron chi connectivity index (χ1n) is 9.05. The lowest BCUT2D eigenvalue weighted by Crippen LogP contribution is -2.42. The molecule has 1 saturated carbocycles. The third kappa shape index (κ3) is 2.26. The number of imidazole rings is 1. The maximum absolute atomic E-state index is 11.6. The molecule has 0 bridgehead atoms. The summed E-state index contributed by atoms with van der Waals surface area (Å²) < 4.78 is 2.09. The van der Waals surface area contributed by atoms with E-state index in [0.29, 0.717) is 5.92 Å². The van der Waals surface area contributed by atoms with Crippen molar-refractivity contribution in [3.63, 3.8) is 0 Å². The molecule has 2 aliphatic rings. The summed E-state index contributed by atoms with van der Waals surface area (Å²) in [6.45, 7) is 1.83. The molecule has 5 rings (SSSR count). The zero-order valence-corrected chi connectivity index (χ0v) is 14.1. The number of nitrogens with zero attached hydrogens (tertiary/aromatic N) is 4. The SMILES string of the molecule is O[C@@]1(c2ccccc2)CCC[C@H]2CN(c3cncc4nccn34)C[C@H]21. The van der Waals surface area contributed by atoms with Crippen LogP contribution in [0.15, 0.2) is 55.1 Å². The molecule has 25 heavy (non-hydrogen) atoms. The molecule has 1 N–H and O–H groups in total. The van der Waals surface area contributed by atoms with Crippen molar-refractivity contribution in [3.8, 4) is 0 Å². The van der Waals surface area contributed by atoms with E-state index in [0.717, 1.165) is 43.0 Å². The van der Waals surface area contributed by atoms with Crippen molar-refractivity contribution in [1.82, 2.24) is 14.4 Å². The van der Waals surface area contributed by atoms with Crippen molar-refractivity contribution in [3.05, 3.63) is 60.7 Å². The van der Waals surface area contributed by atoms with Gasteiger partial charge in [-0.1, -0.05) is 30.3 Å². The van der Waals surface area contributed by atoms with Gasteiger partial charge >= 0.3 is 0 Å². The highest BCUT2D eigenvalue weighted by molar-refractivity contribution is 5.49. The second-order valence-electron chi connectivity index (χ2n) is 7.37. The van der Waals surface area contributed by atoms with E-state index in [1.54, 1.807) is 6.20 Å². The number of hydrogen-bond donors (Lipinski definition) is 1. The largest absolute Gasteiger partial charge is 0.385 e. The highest BCUT2D eigenvalue weighted by Gasteiger charge is 2.50. The Morgan fingerprint density at radius 2 is 2.00 bits per heavy atom. The number of hydrogen-bond acceptors (Lipinski definition) is 4. The zero-order valence-electron chi connectivity index (χ0n) is 14.1.